The van der Waals surface area contributed by atoms with Gasteiger partial charge >= 0.3 is 12.0 Å². The normalized spacial score (nSPS) is 10.4. The number of urea groups is 1. The van der Waals surface area contributed by atoms with Crippen LogP contribution in [0, 0.1) is 6.92 Å². The van der Waals surface area contributed by atoms with Crippen LogP contribution in [0.2, 0.25) is 0 Å². The summed E-state index contributed by atoms with van der Waals surface area (Å²) in [6.07, 6.45) is 0.724. The minimum Gasteiger partial charge on any atom is -0.477 e. The molecular formula is C13H14BrN3O3S. The maximum absolute atomic E-state index is 11.8. The lowest BCUT2D eigenvalue weighted by Gasteiger charge is -2.06. The molecule has 2 aromatic heterocycles. The molecule has 0 aliphatic rings. The third kappa shape index (κ3) is 4.33. The fourth-order valence-electron chi connectivity index (χ4n) is 1.81. The van der Waals surface area contributed by atoms with Crippen LogP contribution in [0.1, 0.15) is 21.1 Å². The number of carboxylic acid groups (broad SMARTS) is 1. The smallest absolute Gasteiger partial charge is 0.354 e. The molecule has 2 rings (SSSR count). The van der Waals surface area contributed by atoms with Crippen molar-refractivity contribution in [3.8, 4) is 0 Å². The van der Waals surface area contributed by atoms with Gasteiger partial charge in [0.25, 0.3) is 0 Å². The molecule has 0 radical (unpaired) electrons. The van der Waals surface area contributed by atoms with Gasteiger partial charge in [0, 0.05) is 17.1 Å². The van der Waals surface area contributed by atoms with Crippen molar-refractivity contribution in [3.63, 3.8) is 0 Å². The summed E-state index contributed by atoms with van der Waals surface area (Å²) in [5, 5.41) is 14.2. The Hall–Kier alpha value is -1.80. The Balaban J connectivity index is 1.86. The first-order valence-corrected chi connectivity index (χ1v) is 7.78. The van der Waals surface area contributed by atoms with Crippen molar-refractivity contribution in [1.29, 1.82) is 0 Å². The van der Waals surface area contributed by atoms with Gasteiger partial charge in [-0.1, -0.05) is 0 Å². The zero-order valence-corrected chi connectivity index (χ0v) is 13.6. The van der Waals surface area contributed by atoms with E-state index >= 15 is 0 Å². The molecule has 0 saturated carbocycles. The third-order valence-electron chi connectivity index (χ3n) is 2.70. The monoisotopic (exact) mass is 371 g/mol. The number of rotatable bonds is 5. The Kier molecular flexibility index (Phi) is 5.03. The topological polar surface area (TPSA) is 94.2 Å². The largest absolute Gasteiger partial charge is 0.477 e. The van der Waals surface area contributed by atoms with Crippen LogP contribution in [0.25, 0.3) is 0 Å². The number of aromatic nitrogens is 1. The van der Waals surface area contributed by atoms with Gasteiger partial charge in [0.2, 0.25) is 0 Å². The van der Waals surface area contributed by atoms with Crippen molar-refractivity contribution in [3.05, 3.63) is 38.3 Å². The molecule has 0 saturated heterocycles. The van der Waals surface area contributed by atoms with Crippen molar-refractivity contribution in [2.75, 3.05) is 11.9 Å². The lowest BCUT2D eigenvalue weighted by atomic mass is 10.3. The number of hydrogen-bond acceptors (Lipinski definition) is 3. The number of anilines is 1. The number of carbonyl (C=O) groups excluding carboxylic acids is 1. The molecule has 2 aromatic rings. The van der Waals surface area contributed by atoms with Crippen LogP contribution in [0.4, 0.5) is 10.5 Å². The number of hydrogen-bond donors (Lipinski definition) is 4. The van der Waals surface area contributed by atoms with Gasteiger partial charge in [-0.25, -0.2) is 9.59 Å². The highest BCUT2D eigenvalue weighted by molar-refractivity contribution is 9.11. The molecule has 0 atom stereocenters. The second-order valence-electron chi connectivity index (χ2n) is 4.38. The molecule has 112 valence electrons. The van der Waals surface area contributed by atoms with E-state index in [1.54, 1.807) is 24.3 Å². The molecule has 0 aliphatic carbocycles. The van der Waals surface area contributed by atoms with Crippen LogP contribution in [0.3, 0.4) is 0 Å². The number of halogens is 1. The fourth-order valence-corrected chi connectivity index (χ4v) is 3.29. The third-order valence-corrected chi connectivity index (χ3v) is 4.38. The average molecular weight is 372 g/mol. The number of thiophene rings is 1. The average Bonchev–Trinajstić information content (AvgIpc) is 2.96. The van der Waals surface area contributed by atoms with E-state index in [4.69, 9.17) is 5.11 Å². The first kappa shape index (κ1) is 15.6. The summed E-state index contributed by atoms with van der Waals surface area (Å²) in [6.45, 7) is 2.20. The zero-order valence-electron chi connectivity index (χ0n) is 11.2. The van der Waals surface area contributed by atoms with Crippen LogP contribution in [-0.4, -0.2) is 28.6 Å². The van der Waals surface area contributed by atoms with Crippen molar-refractivity contribution in [2.24, 2.45) is 0 Å². The minimum absolute atomic E-state index is 0.0233. The van der Waals surface area contributed by atoms with Crippen molar-refractivity contribution >= 4 is 45.0 Å². The zero-order chi connectivity index (χ0) is 15.4. The summed E-state index contributed by atoms with van der Waals surface area (Å²) in [5.41, 5.74) is 0.910. The van der Waals surface area contributed by atoms with E-state index in [2.05, 4.69) is 31.5 Å². The van der Waals surface area contributed by atoms with E-state index in [-0.39, 0.29) is 11.4 Å². The SMILES string of the molecule is Cc1cc(NC(=O)NCCc2ccc(Br)s2)c(C(=O)O)[nH]1. The van der Waals surface area contributed by atoms with E-state index in [1.165, 1.54) is 0 Å². The summed E-state index contributed by atoms with van der Waals surface area (Å²) < 4.78 is 1.05. The van der Waals surface area contributed by atoms with Gasteiger partial charge in [-0.05, 0) is 47.5 Å². The number of aryl methyl sites for hydroxylation is 1. The Morgan fingerprint density at radius 2 is 2.19 bits per heavy atom. The van der Waals surface area contributed by atoms with Gasteiger partial charge in [0.1, 0.15) is 5.69 Å². The molecule has 0 aliphatic heterocycles. The van der Waals surface area contributed by atoms with Gasteiger partial charge in [0.15, 0.2) is 0 Å². The number of amides is 2. The second kappa shape index (κ2) is 6.77. The molecule has 0 aromatic carbocycles. The van der Waals surface area contributed by atoms with Gasteiger partial charge in [-0.2, -0.15) is 0 Å². The second-order valence-corrected chi connectivity index (χ2v) is 6.93. The van der Waals surface area contributed by atoms with Crippen molar-refractivity contribution in [1.82, 2.24) is 10.3 Å². The lowest BCUT2D eigenvalue weighted by molar-refractivity contribution is 0.0692. The maximum Gasteiger partial charge on any atom is 0.354 e. The van der Waals surface area contributed by atoms with Gasteiger partial charge < -0.3 is 20.7 Å². The molecule has 8 heteroatoms. The quantitative estimate of drug-likeness (QED) is 0.649. The maximum atomic E-state index is 11.8. The van der Waals surface area contributed by atoms with Crippen LogP contribution in [0.5, 0.6) is 0 Å². The van der Waals surface area contributed by atoms with E-state index in [0.29, 0.717) is 12.2 Å². The van der Waals surface area contributed by atoms with Crippen molar-refractivity contribution < 1.29 is 14.7 Å². The summed E-state index contributed by atoms with van der Waals surface area (Å²) in [7, 11) is 0. The number of aromatic amines is 1. The summed E-state index contributed by atoms with van der Waals surface area (Å²) in [5.74, 6) is -1.11. The summed E-state index contributed by atoms with van der Waals surface area (Å²) in [4.78, 5) is 26.6. The van der Waals surface area contributed by atoms with Crippen LogP contribution in [-0.2, 0) is 6.42 Å². The highest BCUT2D eigenvalue weighted by atomic mass is 79.9. The molecular weight excluding hydrogens is 358 g/mol. The molecule has 21 heavy (non-hydrogen) atoms. The van der Waals surface area contributed by atoms with Gasteiger partial charge in [-0.15, -0.1) is 11.3 Å². The molecule has 0 spiro atoms. The number of H-pyrrole nitrogens is 1. The standard InChI is InChI=1S/C13H14BrN3O3S/c1-7-6-9(11(16-7)12(18)19)17-13(20)15-5-4-8-2-3-10(14)21-8/h2-3,6,16H,4-5H2,1H3,(H,18,19)(H2,15,17,20). The molecule has 2 amide bonds. The number of carbonyl (C=O) groups is 2. The van der Waals surface area contributed by atoms with E-state index in [1.807, 2.05) is 12.1 Å². The molecule has 0 bridgehead atoms. The fraction of sp³-hybridized carbons (Fsp3) is 0.231. The van der Waals surface area contributed by atoms with Gasteiger partial charge in [-0.3, -0.25) is 0 Å². The summed E-state index contributed by atoms with van der Waals surface area (Å²) in [6, 6.07) is 5.11. The molecule has 4 N–H and O–H groups in total. The number of nitrogens with one attached hydrogen (secondary N) is 3. The predicted molar refractivity (Wildman–Crippen MR) is 85.2 cm³/mol. The molecule has 0 unspecified atom stereocenters. The van der Waals surface area contributed by atoms with Crippen molar-refractivity contribution in [2.45, 2.75) is 13.3 Å². The van der Waals surface area contributed by atoms with E-state index in [9.17, 15) is 9.59 Å². The Morgan fingerprint density at radius 1 is 1.43 bits per heavy atom. The molecule has 2 heterocycles. The van der Waals surface area contributed by atoms with E-state index < -0.39 is 12.0 Å². The first-order chi connectivity index (χ1) is 9.95. The van der Waals surface area contributed by atoms with Crippen LogP contribution in [0.15, 0.2) is 22.0 Å². The van der Waals surface area contributed by atoms with Gasteiger partial charge in [0.05, 0.1) is 9.47 Å². The van der Waals surface area contributed by atoms with E-state index in [0.717, 1.165) is 15.1 Å². The summed E-state index contributed by atoms with van der Waals surface area (Å²) >= 11 is 5.00. The molecule has 6 nitrogen and oxygen atoms in total. The lowest BCUT2D eigenvalue weighted by Crippen LogP contribution is -2.30. The first-order valence-electron chi connectivity index (χ1n) is 6.17. The highest BCUT2D eigenvalue weighted by Gasteiger charge is 2.15. The molecule has 0 fully saturated rings. The van der Waals surface area contributed by atoms with Crippen LogP contribution < -0.4 is 10.6 Å². The number of aromatic carboxylic acids is 1. The number of carboxylic acids is 1. The Morgan fingerprint density at radius 3 is 2.81 bits per heavy atom. The minimum atomic E-state index is -1.11. The Bertz CT molecular complexity index is 665. The predicted octanol–water partition coefficient (Wildman–Crippen LogP) is 3.21. The van der Waals surface area contributed by atoms with Crippen LogP contribution >= 0.6 is 27.3 Å². The highest BCUT2D eigenvalue weighted by Crippen LogP contribution is 2.22. The Labute approximate surface area is 133 Å².